The van der Waals surface area contributed by atoms with Crippen LogP contribution in [0.3, 0.4) is 0 Å². The first kappa shape index (κ1) is 17.5. The van der Waals surface area contributed by atoms with Crippen molar-refractivity contribution in [3.8, 4) is 0 Å². The van der Waals surface area contributed by atoms with E-state index in [9.17, 15) is 4.79 Å². The zero-order chi connectivity index (χ0) is 16.5. The number of imidazole rings is 1. The molecule has 0 bridgehead atoms. The Bertz CT molecular complexity index is 621. The third kappa shape index (κ3) is 5.06. The first-order chi connectivity index (χ1) is 11.3. The fourth-order valence-corrected chi connectivity index (χ4v) is 2.85. The van der Waals surface area contributed by atoms with Crippen molar-refractivity contribution in [2.75, 3.05) is 13.1 Å². The van der Waals surface area contributed by atoms with Gasteiger partial charge in [0, 0.05) is 25.9 Å². The van der Waals surface area contributed by atoms with Crippen molar-refractivity contribution < 1.29 is 4.79 Å². The van der Waals surface area contributed by atoms with Gasteiger partial charge in [-0.1, -0.05) is 25.0 Å². The monoisotopic (exact) mass is 316 g/mol. The van der Waals surface area contributed by atoms with Crippen LogP contribution in [0.25, 0.3) is 11.0 Å². The summed E-state index contributed by atoms with van der Waals surface area (Å²) < 4.78 is 2.22. The minimum atomic E-state index is 0.136. The van der Waals surface area contributed by atoms with Crippen LogP contribution in [0.15, 0.2) is 24.3 Å². The van der Waals surface area contributed by atoms with E-state index in [1.165, 1.54) is 0 Å². The highest BCUT2D eigenvalue weighted by Gasteiger charge is 2.09. The molecule has 1 heterocycles. The summed E-state index contributed by atoms with van der Waals surface area (Å²) in [4.78, 5) is 16.5. The van der Waals surface area contributed by atoms with Gasteiger partial charge < -0.3 is 15.6 Å². The van der Waals surface area contributed by atoms with E-state index in [2.05, 4.69) is 27.9 Å². The minimum Gasteiger partial charge on any atom is -0.356 e. The highest BCUT2D eigenvalue weighted by molar-refractivity contribution is 5.76. The van der Waals surface area contributed by atoms with Gasteiger partial charge >= 0.3 is 0 Å². The molecule has 5 nitrogen and oxygen atoms in total. The molecule has 0 fully saturated rings. The van der Waals surface area contributed by atoms with Gasteiger partial charge in [0.25, 0.3) is 0 Å². The predicted octanol–water partition coefficient (Wildman–Crippen LogP) is 2.62. The Balaban J connectivity index is 1.77. The smallest absolute Gasteiger partial charge is 0.220 e. The Hall–Kier alpha value is -1.88. The van der Waals surface area contributed by atoms with Crippen LogP contribution in [-0.2, 0) is 17.8 Å². The summed E-state index contributed by atoms with van der Waals surface area (Å²) in [6.07, 6.45) is 5.56. The molecule has 0 aliphatic rings. The fraction of sp³-hybridized carbons (Fsp3) is 0.556. The van der Waals surface area contributed by atoms with Crippen LogP contribution >= 0.6 is 0 Å². The van der Waals surface area contributed by atoms with E-state index < -0.39 is 0 Å². The van der Waals surface area contributed by atoms with Crippen molar-refractivity contribution in [2.45, 2.75) is 52.0 Å². The van der Waals surface area contributed by atoms with Gasteiger partial charge in [-0.2, -0.15) is 0 Å². The zero-order valence-corrected chi connectivity index (χ0v) is 14.1. The topological polar surface area (TPSA) is 72.9 Å². The lowest BCUT2D eigenvalue weighted by molar-refractivity contribution is -0.121. The summed E-state index contributed by atoms with van der Waals surface area (Å²) in [5.74, 6) is 1.17. The standard InChI is InChI=1S/C18H28N4O/c1-2-22-16-10-7-6-9-15(16)21-17(22)12-14-20-18(23)11-5-3-4-8-13-19/h6-7,9-10H,2-5,8,11-14,19H2,1H3,(H,20,23). The predicted molar refractivity (Wildman–Crippen MR) is 94.3 cm³/mol. The number of carbonyl (C=O) groups excluding carboxylic acids is 1. The second kappa shape index (κ2) is 9.30. The molecule has 0 saturated carbocycles. The first-order valence-electron chi connectivity index (χ1n) is 8.67. The normalized spacial score (nSPS) is 11.0. The van der Waals surface area contributed by atoms with Gasteiger partial charge in [-0.3, -0.25) is 4.79 Å². The summed E-state index contributed by atoms with van der Waals surface area (Å²) in [6, 6.07) is 8.16. The maximum Gasteiger partial charge on any atom is 0.220 e. The van der Waals surface area contributed by atoms with Crippen LogP contribution in [0.2, 0.25) is 0 Å². The molecule has 0 spiro atoms. The fourth-order valence-electron chi connectivity index (χ4n) is 2.85. The molecule has 0 aliphatic heterocycles. The Kier molecular flexibility index (Phi) is 7.07. The lowest BCUT2D eigenvalue weighted by atomic mass is 10.1. The Morgan fingerprint density at radius 3 is 2.78 bits per heavy atom. The Morgan fingerprint density at radius 1 is 1.22 bits per heavy atom. The minimum absolute atomic E-state index is 0.136. The molecule has 0 atom stereocenters. The van der Waals surface area contributed by atoms with Crippen LogP contribution in [0.1, 0.15) is 44.9 Å². The molecule has 3 N–H and O–H groups in total. The van der Waals surface area contributed by atoms with Crippen molar-refractivity contribution in [1.82, 2.24) is 14.9 Å². The van der Waals surface area contributed by atoms with Gasteiger partial charge in [0.05, 0.1) is 11.0 Å². The highest BCUT2D eigenvalue weighted by atomic mass is 16.1. The van der Waals surface area contributed by atoms with E-state index in [0.717, 1.165) is 62.1 Å². The molecule has 2 aromatic rings. The number of nitrogens with two attached hydrogens (primary N) is 1. The summed E-state index contributed by atoms with van der Waals surface area (Å²) in [7, 11) is 0. The highest BCUT2D eigenvalue weighted by Crippen LogP contribution is 2.16. The third-order valence-electron chi connectivity index (χ3n) is 4.08. The summed E-state index contributed by atoms with van der Waals surface area (Å²) in [6.45, 7) is 4.40. The van der Waals surface area contributed by atoms with Crippen molar-refractivity contribution >= 4 is 16.9 Å². The van der Waals surface area contributed by atoms with Crippen LogP contribution in [0.4, 0.5) is 0 Å². The second-order valence-corrected chi connectivity index (χ2v) is 5.81. The Morgan fingerprint density at radius 2 is 2.00 bits per heavy atom. The molecular weight excluding hydrogens is 288 g/mol. The SMILES string of the molecule is CCn1c(CCNC(=O)CCCCCCN)nc2ccccc21. The number of nitrogens with zero attached hydrogens (tertiary/aromatic N) is 2. The van der Waals surface area contributed by atoms with E-state index in [1.54, 1.807) is 0 Å². The van der Waals surface area contributed by atoms with Gasteiger partial charge in [-0.25, -0.2) is 4.98 Å². The van der Waals surface area contributed by atoms with Crippen LogP contribution < -0.4 is 11.1 Å². The summed E-state index contributed by atoms with van der Waals surface area (Å²) in [5.41, 5.74) is 7.64. The van der Waals surface area contributed by atoms with Crippen molar-refractivity contribution in [2.24, 2.45) is 5.73 Å². The number of hydrogen-bond donors (Lipinski definition) is 2. The lowest BCUT2D eigenvalue weighted by Crippen LogP contribution is -2.26. The van der Waals surface area contributed by atoms with Gasteiger partial charge in [0.1, 0.15) is 5.82 Å². The molecule has 0 saturated heterocycles. The molecule has 126 valence electrons. The van der Waals surface area contributed by atoms with E-state index in [0.29, 0.717) is 13.0 Å². The van der Waals surface area contributed by atoms with E-state index in [4.69, 9.17) is 5.73 Å². The van der Waals surface area contributed by atoms with Crippen molar-refractivity contribution in [1.29, 1.82) is 0 Å². The maximum atomic E-state index is 11.8. The molecule has 2 rings (SSSR count). The number of hydrogen-bond acceptors (Lipinski definition) is 3. The lowest BCUT2D eigenvalue weighted by Gasteiger charge is -2.07. The molecule has 1 aromatic heterocycles. The number of aryl methyl sites for hydroxylation is 1. The second-order valence-electron chi connectivity index (χ2n) is 5.81. The van der Waals surface area contributed by atoms with Crippen LogP contribution in [0.5, 0.6) is 0 Å². The van der Waals surface area contributed by atoms with Crippen LogP contribution in [-0.4, -0.2) is 28.5 Å². The Labute approximate surface area is 138 Å². The van der Waals surface area contributed by atoms with E-state index in [-0.39, 0.29) is 5.91 Å². The number of rotatable bonds is 10. The van der Waals surface area contributed by atoms with Gasteiger partial charge in [0.2, 0.25) is 5.91 Å². The molecule has 1 amide bonds. The number of amides is 1. The summed E-state index contributed by atoms with van der Waals surface area (Å²) >= 11 is 0. The van der Waals surface area contributed by atoms with Gasteiger partial charge in [0.15, 0.2) is 0 Å². The largest absolute Gasteiger partial charge is 0.356 e. The first-order valence-corrected chi connectivity index (χ1v) is 8.67. The van der Waals surface area contributed by atoms with Crippen LogP contribution in [0, 0.1) is 0 Å². The zero-order valence-electron chi connectivity index (χ0n) is 14.1. The molecule has 5 heteroatoms. The molecule has 0 aliphatic carbocycles. The molecule has 1 aromatic carbocycles. The average Bonchev–Trinajstić information content (AvgIpc) is 2.92. The number of para-hydroxylation sites is 2. The maximum absolute atomic E-state index is 11.8. The number of benzene rings is 1. The quantitative estimate of drug-likeness (QED) is 0.662. The molecular formula is C18H28N4O. The number of fused-ring (bicyclic) bond motifs is 1. The number of carbonyl (C=O) groups is 1. The van der Waals surface area contributed by atoms with Gasteiger partial charge in [-0.15, -0.1) is 0 Å². The molecule has 0 unspecified atom stereocenters. The molecule has 0 radical (unpaired) electrons. The van der Waals surface area contributed by atoms with Crippen molar-refractivity contribution in [3.05, 3.63) is 30.1 Å². The van der Waals surface area contributed by atoms with Gasteiger partial charge in [-0.05, 0) is 38.4 Å². The number of unbranched alkanes of at least 4 members (excludes halogenated alkanes) is 3. The average molecular weight is 316 g/mol. The third-order valence-corrected chi connectivity index (χ3v) is 4.08. The van der Waals surface area contributed by atoms with Crippen molar-refractivity contribution in [3.63, 3.8) is 0 Å². The van der Waals surface area contributed by atoms with E-state index in [1.807, 2.05) is 18.2 Å². The summed E-state index contributed by atoms with van der Waals surface area (Å²) in [5, 5.41) is 3.00. The van der Waals surface area contributed by atoms with E-state index >= 15 is 0 Å². The molecule has 23 heavy (non-hydrogen) atoms. The number of aromatic nitrogens is 2. The number of nitrogens with one attached hydrogen (secondary N) is 1.